The molecule has 0 spiro atoms. The molecule has 0 saturated heterocycles. The van der Waals surface area contributed by atoms with Gasteiger partial charge >= 0.3 is 0 Å². The normalized spacial score (nSPS) is 11.2. The van der Waals surface area contributed by atoms with E-state index in [0.29, 0.717) is 11.1 Å². The van der Waals surface area contributed by atoms with Crippen LogP contribution in [0.15, 0.2) is 60.7 Å². The molecule has 0 fully saturated rings. The molecule has 0 heterocycles. The number of aliphatic hydroxyl groups is 2. The van der Waals surface area contributed by atoms with Gasteiger partial charge in [-0.2, -0.15) is 0 Å². The smallest absolute Gasteiger partial charge is 0.263 e. The van der Waals surface area contributed by atoms with Gasteiger partial charge in [0.2, 0.25) is 0 Å². The predicted molar refractivity (Wildman–Crippen MR) is 80.6 cm³/mol. The second-order valence-electron chi connectivity index (χ2n) is 4.89. The maximum Gasteiger partial charge on any atom is 0.263 e. The molecule has 1 amide bonds. The average molecular weight is 285 g/mol. The minimum atomic E-state index is -1.76. The maximum atomic E-state index is 12.7. The number of amides is 1. The summed E-state index contributed by atoms with van der Waals surface area (Å²) >= 11 is 0. The summed E-state index contributed by atoms with van der Waals surface area (Å²) in [5.41, 5.74) is -0.746. The van der Waals surface area contributed by atoms with Gasteiger partial charge in [0.25, 0.3) is 5.91 Å². The largest absolute Gasteiger partial charge is 0.395 e. The summed E-state index contributed by atoms with van der Waals surface area (Å²) < 4.78 is 0. The van der Waals surface area contributed by atoms with Crippen LogP contribution in [0, 0.1) is 0 Å². The summed E-state index contributed by atoms with van der Waals surface area (Å²) in [6.45, 7) is 0.0166. The van der Waals surface area contributed by atoms with Crippen LogP contribution in [-0.2, 0) is 10.4 Å². The minimum Gasteiger partial charge on any atom is -0.395 e. The van der Waals surface area contributed by atoms with Crippen molar-refractivity contribution in [2.75, 3.05) is 20.2 Å². The van der Waals surface area contributed by atoms with Gasteiger partial charge in [-0.1, -0.05) is 60.7 Å². The van der Waals surface area contributed by atoms with Crippen LogP contribution < -0.4 is 0 Å². The number of carbonyl (C=O) groups is 1. The van der Waals surface area contributed by atoms with Crippen LogP contribution >= 0.6 is 0 Å². The Morgan fingerprint density at radius 2 is 1.43 bits per heavy atom. The van der Waals surface area contributed by atoms with Crippen LogP contribution in [0.4, 0.5) is 0 Å². The SMILES string of the molecule is CN(CCO)C(=O)C(O)(c1ccccc1)c1ccccc1. The lowest BCUT2D eigenvalue weighted by molar-refractivity contribution is -0.147. The fourth-order valence-corrected chi connectivity index (χ4v) is 2.30. The van der Waals surface area contributed by atoms with Crippen LogP contribution in [0.25, 0.3) is 0 Å². The molecule has 0 unspecified atom stereocenters. The first kappa shape index (κ1) is 15.2. The van der Waals surface area contributed by atoms with E-state index in [9.17, 15) is 9.90 Å². The Morgan fingerprint density at radius 1 is 1.00 bits per heavy atom. The third kappa shape index (κ3) is 2.96. The molecule has 2 rings (SSSR count). The van der Waals surface area contributed by atoms with Crippen molar-refractivity contribution in [3.05, 3.63) is 71.8 Å². The number of likely N-dealkylation sites (N-methyl/N-ethyl adjacent to an activating group) is 1. The quantitative estimate of drug-likeness (QED) is 0.872. The number of nitrogens with zero attached hydrogens (tertiary/aromatic N) is 1. The zero-order valence-corrected chi connectivity index (χ0v) is 11.9. The van der Waals surface area contributed by atoms with Crippen LogP contribution in [0.2, 0.25) is 0 Å². The Balaban J connectivity index is 2.52. The van der Waals surface area contributed by atoms with Gasteiger partial charge in [-0.15, -0.1) is 0 Å². The summed E-state index contributed by atoms with van der Waals surface area (Å²) in [6, 6.07) is 17.7. The van der Waals surface area contributed by atoms with Crippen molar-refractivity contribution in [3.8, 4) is 0 Å². The van der Waals surface area contributed by atoms with E-state index in [1.165, 1.54) is 4.90 Å². The molecular formula is C17H19NO3. The Morgan fingerprint density at radius 3 is 1.81 bits per heavy atom. The van der Waals surface area contributed by atoms with Crippen molar-refractivity contribution in [1.29, 1.82) is 0 Å². The first-order valence-corrected chi connectivity index (χ1v) is 6.80. The second kappa shape index (κ2) is 6.52. The fourth-order valence-electron chi connectivity index (χ4n) is 2.30. The molecule has 0 aromatic heterocycles. The highest BCUT2D eigenvalue weighted by Crippen LogP contribution is 2.31. The molecule has 0 aliphatic rings. The first-order chi connectivity index (χ1) is 10.1. The van der Waals surface area contributed by atoms with Gasteiger partial charge in [-0.3, -0.25) is 4.79 Å². The molecular weight excluding hydrogens is 266 g/mol. The van der Waals surface area contributed by atoms with Crippen molar-refractivity contribution in [2.24, 2.45) is 0 Å². The van der Waals surface area contributed by atoms with Gasteiger partial charge in [0.05, 0.1) is 6.61 Å². The van der Waals surface area contributed by atoms with Crippen molar-refractivity contribution >= 4 is 5.91 Å². The van der Waals surface area contributed by atoms with Gasteiger partial charge in [0.1, 0.15) is 0 Å². The zero-order chi connectivity index (χ0) is 15.3. The molecule has 4 heteroatoms. The fraction of sp³-hybridized carbons (Fsp3) is 0.235. The van der Waals surface area contributed by atoms with Crippen molar-refractivity contribution < 1.29 is 15.0 Å². The number of rotatable bonds is 5. The third-order valence-corrected chi connectivity index (χ3v) is 3.47. The molecule has 0 radical (unpaired) electrons. The number of benzene rings is 2. The topological polar surface area (TPSA) is 60.8 Å². The highest BCUT2D eigenvalue weighted by atomic mass is 16.3. The van der Waals surface area contributed by atoms with E-state index in [-0.39, 0.29) is 13.2 Å². The van der Waals surface area contributed by atoms with Crippen molar-refractivity contribution in [3.63, 3.8) is 0 Å². The van der Waals surface area contributed by atoms with E-state index >= 15 is 0 Å². The number of hydrogen-bond acceptors (Lipinski definition) is 3. The Kier molecular flexibility index (Phi) is 4.73. The van der Waals surface area contributed by atoms with Gasteiger partial charge < -0.3 is 15.1 Å². The Hall–Kier alpha value is -2.17. The number of hydrogen-bond donors (Lipinski definition) is 2. The minimum absolute atomic E-state index is 0.151. The lowest BCUT2D eigenvalue weighted by Gasteiger charge is -2.32. The van der Waals surface area contributed by atoms with E-state index < -0.39 is 11.5 Å². The summed E-state index contributed by atoms with van der Waals surface area (Å²) in [7, 11) is 1.56. The molecule has 0 bridgehead atoms. The molecule has 0 aliphatic carbocycles. The van der Waals surface area contributed by atoms with Gasteiger partial charge in [0, 0.05) is 13.6 Å². The van der Waals surface area contributed by atoms with Gasteiger partial charge in [-0.05, 0) is 11.1 Å². The zero-order valence-electron chi connectivity index (χ0n) is 11.9. The summed E-state index contributed by atoms with van der Waals surface area (Å²) in [6.07, 6.45) is 0. The van der Waals surface area contributed by atoms with Crippen LogP contribution in [-0.4, -0.2) is 41.2 Å². The van der Waals surface area contributed by atoms with E-state index in [0.717, 1.165) is 0 Å². The first-order valence-electron chi connectivity index (χ1n) is 6.80. The van der Waals surface area contributed by atoms with Gasteiger partial charge in [-0.25, -0.2) is 0 Å². The molecule has 2 aromatic carbocycles. The molecule has 0 atom stereocenters. The van der Waals surface area contributed by atoms with E-state index in [1.807, 2.05) is 12.1 Å². The van der Waals surface area contributed by atoms with E-state index in [4.69, 9.17) is 5.11 Å². The highest BCUT2D eigenvalue weighted by molar-refractivity contribution is 5.90. The molecule has 110 valence electrons. The Bertz CT molecular complexity index is 544. The predicted octanol–water partition coefficient (Wildman–Crippen LogP) is 1.37. The van der Waals surface area contributed by atoms with Crippen LogP contribution in [0.5, 0.6) is 0 Å². The monoisotopic (exact) mass is 285 g/mol. The molecule has 0 aliphatic heterocycles. The summed E-state index contributed by atoms with van der Waals surface area (Å²) in [4.78, 5) is 14.1. The molecule has 4 nitrogen and oxygen atoms in total. The molecule has 0 saturated carbocycles. The third-order valence-electron chi connectivity index (χ3n) is 3.47. The number of carbonyl (C=O) groups excluding carboxylic acids is 1. The lowest BCUT2D eigenvalue weighted by atomic mass is 9.85. The molecule has 21 heavy (non-hydrogen) atoms. The highest BCUT2D eigenvalue weighted by Gasteiger charge is 2.41. The molecule has 2 aromatic rings. The number of aliphatic hydroxyl groups excluding tert-OH is 1. The maximum absolute atomic E-state index is 12.7. The lowest BCUT2D eigenvalue weighted by Crippen LogP contribution is -2.47. The van der Waals surface area contributed by atoms with Crippen molar-refractivity contribution in [1.82, 2.24) is 4.90 Å². The average Bonchev–Trinajstić information content (AvgIpc) is 2.55. The Labute approximate surface area is 124 Å². The molecule has 2 N–H and O–H groups in total. The van der Waals surface area contributed by atoms with Crippen LogP contribution in [0.1, 0.15) is 11.1 Å². The van der Waals surface area contributed by atoms with Gasteiger partial charge in [0.15, 0.2) is 5.60 Å². The van der Waals surface area contributed by atoms with E-state index in [2.05, 4.69) is 0 Å². The summed E-state index contributed by atoms with van der Waals surface area (Å²) in [5, 5.41) is 20.2. The standard InChI is InChI=1S/C17H19NO3/c1-18(12-13-19)16(20)17(21,14-8-4-2-5-9-14)15-10-6-3-7-11-15/h2-11,19,21H,12-13H2,1H3. The van der Waals surface area contributed by atoms with Crippen LogP contribution in [0.3, 0.4) is 0 Å². The van der Waals surface area contributed by atoms with Crippen molar-refractivity contribution in [2.45, 2.75) is 5.60 Å². The van der Waals surface area contributed by atoms with E-state index in [1.54, 1.807) is 55.6 Å². The summed E-state index contributed by atoms with van der Waals surface area (Å²) in [5.74, 6) is -0.464. The second-order valence-corrected chi connectivity index (χ2v) is 4.89.